The number of ether oxygens (including phenoxy) is 3. The predicted octanol–water partition coefficient (Wildman–Crippen LogP) is 0.923. The number of β-lactam (4-membered cyclic amide) rings is 1. The van der Waals surface area contributed by atoms with Crippen LogP contribution in [0, 0.1) is 0 Å². The van der Waals surface area contributed by atoms with Crippen molar-refractivity contribution >= 4 is 29.5 Å². The van der Waals surface area contributed by atoms with Crippen LogP contribution in [0.25, 0.3) is 0 Å². The molecule has 2 heterocycles. The highest BCUT2D eigenvalue weighted by atomic mass is 32.2. The molecule has 0 unspecified atom stereocenters. The van der Waals surface area contributed by atoms with Gasteiger partial charge < -0.3 is 29.5 Å². The number of amides is 2. The number of carbonyl (C=O) groups excluding carboxylic acids is 2. The van der Waals surface area contributed by atoms with E-state index in [9.17, 15) is 19.5 Å². The van der Waals surface area contributed by atoms with Gasteiger partial charge in [0.25, 0.3) is 17.5 Å². The quantitative estimate of drug-likeness (QED) is 0.526. The Hall–Kier alpha value is -2.46. The molecule has 2 fully saturated rings. The molecule has 152 valence electrons. The third-order valence-corrected chi connectivity index (χ3v) is 6.63. The fourth-order valence-corrected chi connectivity index (χ4v) is 5.36. The number of aliphatic carboxylic acids is 1. The first-order valence-corrected chi connectivity index (χ1v) is 9.34. The second-order valence-corrected chi connectivity index (χ2v) is 8.69. The highest BCUT2D eigenvalue weighted by molar-refractivity contribution is 8.01. The van der Waals surface area contributed by atoms with E-state index >= 15 is 0 Å². The summed E-state index contributed by atoms with van der Waals surface area (Å²) >= 11 is 1.27. The van der Waals surface area contributed by atoms with Crippen LogP contribution >= 0.6 is 11.8 Å². The number of carbonyl (C=O) groups is 3. The largest absolute Gasteiger partial charge is 0.496 e. The molecule has 0 radical (unpaired) electrons. The third-order valence-electron chi connectivity index (χ3n) is 5.01. The van der Waals surface area contributed by atoms with Gasteiger partial charge in [-0.3, -0.25) is 9.59 Å². The smallest absolute Gasteiger partial charge is 0.327 e. The van der Waals surface area contributed by atoms with Crippen LogP contribution < -0.4 is 14.8 Å². The van der Waals surface area contributed by atoms with Gasteiger partial charge in [0, 0.05) is 11.9 Å². The topological polar surface area (TPSA) is 114 Å². The second-order valence-electron chi connectivity index (χ2n) is 6.96. The van der Waals surface area contributed by atoms with E-state index in [4.69, 9.17) is 14.2 Å². The van der Waals surface area contributed by atoms with Gasteiger partial charge in [-0.1, -0.05) is 6.07 Å². The third kappa shape index (κ3) is 2.70. The minimum absolute atomic E-state index is 0.118. The first kappa shape index (κ1) is 20.3. The molecule has 3 rings (SSSR count). The second kappa shape index (κ2) is 6.85. The summed E-state index contributed by atoms with van der Waals surface area (Å²) < 4.78 is 15.2. The monoisotopic (exact) mass is 410 g/mol. The van der Waals surface area contributed by atoms with Crippen molar-refractivity contribution in [2.75, 3.05) is 21.3 Å². The molecule has 0 bridgehead atoms. The van der Waals surface area contributed by atoms with E-state index in [2.05, 4.69) is 5.32 Å². The molecular formula is C18H22N2O7S. The number of nitrogens with one attached hydrogen (secondary N) is 1. The summed E-state index contributed by atoms with van der Waals surface area (Å²) in [6, 6.07) is 3.85. The fourth-order valence-electron chi connectivity index (χ4n) is 3.69. The number of carboxylic acids is 1. The van der Waals surface area contributed by atoms with Crippen molar-refractivity contribution in [3.8, 4) is 11.5 Å². The van der Waals surface area contributed by atoms with Crippen molar-refractivity contribution in [2.45, 2.75) is 35.7 Å². The average molecular weight is 410 g/mol. The lowest BCUT2D eigenvalue weighted by molar-refractivity contribution is -0.197. The van der Waals surface area contributed by atoms with Gasteiger partial charge in [-0.2, -0.15) is 0 Å². The van der Waals surface area contributed by atoms with Crippen molar-refractivity contribution in [3.63, 3.8) is 0 Å². The Bertz CT molecular complexity index is 821. The van der Waals surface area contributed by atoms with Crippen LogP contribution in [-0.4, -0.2) is 71.0 Å². The van der Waals surface area contributed by atoms with E-state index in [-0.39, 0.29) is 17.1 Å². The summed E-state index contributed by atoms with van der Waals surface area (Å²) in [5.74, 6) is -1.78. The lowest BCUT2D eigenvalue weighted by Gasteiger charge is -2.51. The summed E-state index contributed by atoms with van der Waals surface area (Å²) in [6.45, 7) is 3.49. The van der Waals surface area contributed by atoms with Crippen LogP contribution in [0.4, 0.5) is 0 Å². The highest BCUT2D eigenvalue weighted by Gasteiger charge is 2.73. The number of fused-ring (bicyclic) bond motifs is 1. The van der Waals surface area contributed by atoms with E-state index in [1.165, 1.54) is 38.0 Å². The number of rotatable bonds is 6. The lowest BCUT2D eigenvalue weighted by atomic mass is 9.93. The van der Waals surface area contributed by atoms with Crippen LogP contribution in [0.15, 0.2) is 18.2 Å². The standard InChI is InChI=1S/C18H22N2O7S/c1-17(2)12(14(22)23)20-15(24)18(27-5,16(20)28-17)19-13(21)11-9(25-3)7-6-8-10(11)26-4/h6-8,12,16H,1-5H3,(H,19,21)(H,22,23)/t12-,16+,18+/m0/s1. The predicted molar refractivity (Wildman–Crippen MR) is 100 cm³/mol. The van der Waals surface area contributed by atoms with Crippen molar-refractivity contribution in [3.05, 3.63) is 23.8 Å². The molecule has 0 saturated carbocycles. The van der Waals surface area contributed by atoms with E-state index in [0.29, 0.717) is 0 Å². The highest BCUT2D eigenvalue weighted by Crippen LogP contribution is 2.55. The molecule has 1 aromatic carbocycles. The van der Waals surface area contributed by atoms with E-state index in [1.807, 2.05) is 0 Å². The molecule has 10 heteroatoms. The molecule has 2 aliphatic rings. The molecular weight excluding hydrogens is 388 g/mol. The maximum atomic E-state index is 13.0. The summed E-state index contributed by atoms with van der Waals surface area (Å²) in [5, 5.41) is 11.5. The molecule has 0 spiro atoms. The number of hydrogen-bond donors (Lipinski definition) is 2. The fraction of sp³-hybridized carbons (Fsp3) is 0.500. The van der Waals surface area contributed by atoms with Crippen LogP contribution in [0.5, 0.6) is 11.5 Å². The van der Waals surface area contributed by atoms with Gasteiger partial charge in [-0.05, 0) is 26.0 Å². The Morgan fingerprint density at radius 3 is 2.21 bits per heavy atom. The number of carboxylic acid groups (broad SMARTS) is 1. The Balaban J connectivity index is 1.96. The first-order valence-electron chi connectivity index (χ1n) is 8.46. The zero-order chi connectivity index (χ0) is 20.9. The van der Waals surface area contributed by atoms with Gasteiger partial charge in [0.1, 0.15) is 28.5 Å². The Labute approximate surface area is 166 Å². The zero-order valence-electron chi connectivity index (χ0n) is 16.1. The number of nitrogens with zero attached hydrogens (tertiary/aromatic N) is 1. The molecule has 1 aromatic rings. The number of methoxy groups -OCH3 is 3. The van der Waals surface area contributed by atoms with E-state index in [1.54, 1.807) is 32.0 Å². The van der Waals surface area contributed by atoms with Crippen LogP contribution in [0.1, 0.15) is 24.2 Å². The molecule has 2 amide bonds. The van der Waals surface area contributed by atoms with Crippen LogP contribution in [0.2, 0.25) is 0 Å². The summed E-state index contributed by atoms with van der Waals surface area (Å²) in [6.07, 6.45) is 0. The average Bonchev–Trinajstić information content (AvgIpc) is 2.93. The minimum atomic E-state index is -1.67. The Morgan fingerprint density at radius 1 is 1.18 bits per heavy atom. The van der Waals surface area contributed by atoms with Gasteiger partial charge in [-0.15, -0.1) is 11.8 Å². The van der Waals surface area contributed by atoms with Crippen molar-refractivity contribution in [2.24, 2.45) is 0 Å². The Kier molecular flexibility index (Phi) is 4.96. The molecule has 2 N–H and O–H groups in total. The van der Waals surface area contributed by atoms with Gasteiger partial charge in [-0.25, -0.2) is 4.79 Å². The van der Waals surface area contributed by atoms with Crippen molar-refractivity contribution < 1.29 is 33.7 Å². The Morgan fingerprint density at radius 2 is 1.75 bits per heavy atom. The van der Waals surface area contributed by atoms with Crippen molar-refractivity contribution in [1.29, 1.82) is 0 Å². The maximum Gasteiger partial charge on any atom is 0.327 e. The van der Waals surface area contributed by atoms with Gasteiger partial charge in [0.2, 0.25) is 0 Å². The van der Waals surface area contributed by atoms with Crippen molar-refractivity contribution in [1.82, 2.24) is 10.2 Å². The van der Waals surface area contributed by atoms with E-state index < -0.39 is 39.7 Å². The molecule has 2 aliphatic heterocycles. The first-order chi connectivity index (χ1) is 13.1. The van der Waals surface area contributed by atoms with E-state index in [0.717, 1.165) is 0 Å². The molecule has 9 nitrogen and oxygen atoms in total. The van der Waals surface area contributed by atoms with Crippen LogP contribution in [0.3, 0.4) is 0 Å². The zero-order valence-corrected chi connectivity index (χ0v) is 17.0. The molecule has 0 aromatic heterocycles. The minimum Gasteiger partial charge on any atom is -0.496 e. The van der Waals surface area contributed by atoms with Gasteiger partial charge in [0.15, 0.2) is 0 Å². The normalized spacial score (nSPS) is 27.6. The summed E-state index contributed by atoms with van der Waals surface area (Å²) in [7, 11) is 4.14. The molecule has 28 heavy (non-hydrogen) atoms. The number of hydrogen-bond acceptors (Lipinski definition) is 7. The molecule has 2 saturated heterocycles. The van der Waals surface area contributed by atoms with Crippen LogP contribution in [-0.2, 0) is 14.3 Å². The maximum absolute atomic E-state index is 13.0. The summed E-state index contributed by atoms with van der Waals surface area (Å²) in [5.41, 5.74) is -1.55. The lowest BCUT2D eigenvalue weighted by Crippen LogP contribution is -2.80. The molecule has 3 atom stereocenters. The van der Waals surface area contributed by atoms with Gasteiger partial charge >= 0.3 is 5.97 Å². The summed E-state index contributed by atoms with van der Waals surface area (Å²) in [4.78, 5) is 38.9. The number of thioether (sulfide) groups is 1. The van der Waals surface area contributed by atoms with Gasteiger partial charge in [0.05, 0.1) is 14.2 Å². The SMILES string of the molecule is COc1cccc(OC)c1C(=O)N[C@@]1(OC)C(=O)N2[C@@H](C(=O)O)C(C)(C)S[C@@H]21. The molecule has 0 aliphatic carbocycles. The number of benzene rings is 1.